The van der Waals surface area contributed by atoms with E-state index in [0.717, 1.165) is 22.7 Å². The molecule has 0 aliphatic rings. The Labute approximate surface area is 335 Å². The molecule has 3 heteroatoms. The molecule has 0 unspecified atom stereocenters. The molecule has 2 aromatic heterocycles. The van der Waals surface area contributed by atoms with Crippen molar-refractivity contribution >= 4 is 70.4 Å². The molecule has 0 saturated heterocycles. The Kier molecular flexibility index (Phi) is 8.04. The second-order valence-electron chi connectivity index (χ2n) is 14.5. The predicted molar refractivity (Wildman–Crippen MR) is 245 cm³/mol. The summed E-state index contributed by atoms with van der Waals surface area (Å²) in [4.78, 5) is 2.39. The molecule has 0 amide bonds. The minimum absolute atomic E-state index is 1.10. The number of para-hydroxylation sites is 3. The van der Waals surface area contributed by atoms with Crippen LogP contribution in [-0.4, -0.2) is 4.57 Å². The van der Waals surface area contributed by atoms with E-state index < -0.39 is 0 Å². The molecule has 0 N–H and O–H groups in total. The number of hydrogen-bond acceptors (Lipinski definition) is 2. The van der Waals surface area contributed by atoms with Gasteiger partial charge in [0.15, 0.2) is 0 Å². The highest BCUT2D eigenvalue weighted by molar-refractivity contribution is 7.25. The number of benzene rings is 9. The molecule has 0 aliphatic carbocycles. The highest BCUT2D eigenvalue weighted by Crippen LogP contribution is 2.43. The van der Waals surface area contributed by atoms with Crippen LogP contribution < -0.4 is 4.90 Å². The number of fused-ring (bicyclic) bond motifs is 6. The van der Waals surface area contributed by atoms with Gasteiger partial charge in [-0.15, -0.1) is 11.3 Å². The Balaban J connectivity index is 1.01. The van der Waals surface area contributed by atoms with Gasteiger partial charge in [0.25, 0.3) is 0 Å². The van der Waals surface area contributed by atoms with Gasteiger partial charge in [0.2, 0.25) is 0 Å². The lowest BCUT2D eigenvalue weighted by molar-refractivity contribution is 1.18. The van der Waals surface area contributed by atoms with Crippen molar-refractivity contribution in [1.82, 2.24) is 4.57 Å². The zero-order valence-corrected chi connectivity index (χ0v) is 31.9. The molecule has 0 aliphatic heterocycles. The van der Waals surface area contributed by atoms with E-state index in [4.69, 9.17) is 0 Å². The maximum atomic E-state index is 2.39. The zero-order chi connectivity index (χ0) is 37.7. The third-order valence-electron chi connectivity index (χ3n) is 11.2. The van der Waals surface area contributed by atoms with Crippen LogP contribution in [0.15, 0.2) is 218 Å². The second kappa shape index (κ2) is 13.8. The van der Waals surface area contributed by atoms with Gasteiger partial charge in [0.1, 0.15) is 0 Å². The summed E-state index contributed by atoms with van der Waals surface area (Å²) >= 11 is 1.86. The SMILES string of the molecule is c1ccc(-c2ccccc2N(c2ccc(-c3ccc4sc5ccccc5c4c3)cc2)c2ccc(-c3ccc4c5ccccc5n(-c5ccccc5)c4c3)cc2)cc1. The lowest BCUT2D eigenvalue weighted by Crippen LogP contribution is -2.11. The summed E-state index contributed by atoms with van der Waals surface area (Å²) in [6.45, 7) is 0. The molecule has 0 spiro atoms. The van der Waals surface area contributed by atoms with E-state index in [1.54, 1.807) is 0 Å². The Morgan fingerprint density at radius 2 is 0.877 bits per heavy atom. The smallest absolute Gasteiger partial charge is 0.0547 e. The number of anilines is 3. The summed E-state index contributed by atoms with van der Waals surface area (Å²) in [5.74, 6) is 0. The molecule has 2 nitrogen and oxygen atoms in total. The van der Waals surface area contributed by atoms with Crippen molar-refractivity contribution in [2.45, 2.75) is 0 Å². The fourth-order valence-corrected chi connectivity index (χ4v) is 9.56. The van der Waals surface area contributed by atoms with Crippen LogP contribution in [0.3, 0.4) is 0 Å². The molecule has 0 bridgehead atoms. The van der Waals surface area contributed by atoms with E-state index in [-0.39, 0.29) is 0 Å². The van der Waals surface area contributed by atoms with Gasteiger partial charge in [-0.05, 0) is 101 Å². The lowest BCUT2D eigenvalue weighted by atomic mass is 9.99. The van der Waals surface area contributed by atoms with E-state index in [0.29, 0.717) is 0 Å². The van der Waals surface area contributed by atoms with Crippen LogP contribution >= 0.6 is 11.3 Å². The summed E-state index contributed by atoms with van der Waals surface area (Å²) in [5.41, 5.74) is 14.1. The molecule has 0 atom stereocenters. The van der Waals surface area contributed by atoms with Crippen molar-refractivity contribution in [3.05, 3.63) is 218 Å². The summed E-state index contributed by atoms with van der Waals surface area (Å²) in [6.07, 6.45) is 0. The first-order valence-corrected chi connectivity index (χ1v) is 20.2. The number of thiophene rings is 1. The molecule has 9 aromatic carbocycles. The average Bonchev–Trinajstić information content (AvgIpc) is 3.83. The second-order valence-corrected chi connectivity index (χ2v) is 15.6. The van der Waals surface area contributed by atoms with Crippen LogP contribution in [0.4, 0.5) is 17.1 Å². The van der Waals surface area contributed by atoms with Gasteiger partial charge in [0.05, 0.1) is 16.7 Å². The predicted octanol–water partition coefficient (Wildman–Crippen LogP) is 15.6. The van der Waals surface area contributed by atoms with Crippen LogP contribution in [-0.2, 0) is 0 Å². The van der Waals surface area contributed by atoms with Crippen molar-refractivity contribution < 1.29 is 0 Å². The summed E-state index contributed by atoms with van der Waals surface area (Å²) < 4.78 is 5.03. The molecule has 0 fully saturated rings. The minimum atomic E-state index is 1.10. The van der Waals surface area contributed by atoms with Crippen molar-refractivity contribution in [1.29, 1.82) is 0 Å². The Morgan fingerprint density at radius 3 is 1.63 bits per heavy atom. The van der Waals surface area contributed by atoms with E-state index >= 15 is 0 Å². The van der Waals surface area contributed by atoms with Crippen LogP contribution in [0.5, 0.6) is 0 Å². The molecule has 11 aromatic rings. The minimum Gasteiger partial charge on any atom is -0.310 e. The molecule has 2 heterocycles. The van der Waals surface area contributed by atoms with Gasteiger partial charge in [-0.25, -0.2) is 0 Å². The largest absolute Gasteiger partial charge is 0.310 e. The third kappa shape index (κ3) is 5.80. The highest BCUT2D eigenvalue weighted by Gasteiger charge is 2.19. The normalized spacial score (nSPS) is 11.5. The first kappa shape index (κ1) is 33.2. The van der Waals surface area contributed by atoms with Crippen LogP contribution in [0.1, 0.15) is 0 Å². The Morgan fingerprint density at radius 1 is 0.333 bits per heavy atom. The maximum Gasteiger partial charge on any atom is 0.0547 e. The van der Waals surface area contributed by atoms with Gasteiger partial charge in [-0.2, -0.15) is 0 Å². The number of rotatable bonds is 7. The molecule has 268 valence electrons. The van der Waals surface area contributed by atoms with Crippen molar-refractivity contribution in [2.24, 2.45) is 0 Å². The standard InChI is InChI=1S/C54H36N2S/c1-3-13-39(14-4-1)45-17-7-10-20-50(45)55(43-29-23-37(24-30-43)40-28-34-54-49(35-40)48-19-9-12-22-53(48)57-54)44-31-25-38(26-32-44)41-27-33-47-46-18-8-11-21-51(46)56(52(47)36-41)42-15-5-2-6-16-42/h1-36H. The van der Waals surface area contributed by atoms with E-state index in [1.807, 2.05) is 11.3 Å². The van der Waals surface area contributed by atoms with Crippen molar-refractivity contribution in [2.75, 3.05) is 4.90 Å². The molecule has 0 radical (unpaired) electrons. The van der Waals surface area contributed by atoms with Crippen molar-refractivity contribution in [3.8, 4) is 39.1 Å². The van der Waals surface area contributed by atoms with E-state index in [1.165, 1.54) is 75.4 Å². The average molecular weight is 745 g/mol. The monoisotopic (exact) mass is 744 g/mol. The molecule has 57 heavy (non-hydrogen) atoms. The zero-order valence-electron chi connectivity index (χ0n) is 31.1. The topological polar surface area (TPSA) is 8.17 Å². The molecule has 11 rings (SSSR count). The number of nitrogens with zero attached hydrogens (tertiary/aromatic N) is 2. The number of hydrogen-bond donors (Lipinski definition) is 0. The highest BCUT2D eigenvalue weighted by atomic mass is 32.1. The first-order chi connectivity index (χ1) is 28.3. The summed E-state index contributed by atoms with van der Waals surface area (Å²) in [7, 11) is 0. The molecular formula is C54H36N2S. The maximum absolute atomic E-state index is 2.39. The van der Waals surface area contributed by atoms with Gasteiger partial charge in [0, 0.05) is 53.6 Å². The molecule has 0 saturated carbocycles. The quantitative estimate of drug-likeness (QED) is 0.158. The molecular weight excluding hydrogens is 709 g/mol. The van der Waals surface area contributed by atoms with Crippen LogP contribution in [0.25, 0.3) is 81.0 Å². The van der Waals surface area contributed by atoms with Gasteiger partial charge < -0.3 is 9.47 Å². The Hall–Kier alpha value is -7.20. The summed E-state index contributed by atoms with van der Waals surface area (Å²) in [5, 5.41) is 5.15. The lowest BCUT2D eigenvalue weighted by Gasteiger charge is -2.28. The fourth-order valence-electron chi connectivity index (χ4n) is 8.47. The van der Waals surface area contributed by atoms with Crippen LogP contribution in [0.2, 0.25) is 0 Å². The van der Waals surface area contributed by atoms with E-state index in [2.05, 4.69) is 228 Å². The summed E-state index contributed by atoms with van der Waals surface area (Å²) in [6, 6.07) is 79.3. The van der Waals surface area contributed by atoms with Crippen LogP contribution in [0, 0.1) is 0 Å². The van der Waals surface area contributed by atoms with Crippen molar-refractivity contribution in [3.63, 3.8) is 0 Å². The first-order valence-electron chi connectivity index (χ1n) is 19.4. The van der Waals surface area contributed by atoms with Gasteiger partial charge in [-0.3, -0.25) is 0 Å². The fraction of sp³-hybridized carbons (Fsp3) is 0. The van der Waals surface area contributed by atoms with Gasteiger partial charge >= 0.3 is 0 Å². The third-order valence-corrected chi connectivity index (χ3v) is 12.4. The Bertz CT molecular complexity index is 3210. The van der Waals surface area contributed by atoms with Gasteiger partial charge in [-0.1, -0.05) is 146 Å². The number of aromatic nitrogens is 1. The van der Waals surface area contributed by atoms with E-state index in [9.17, 15) is 0 Å².